The first-order valence-corrected chi connectivity index (χ1v) is 10.4. The average molecular weight is 381 g/mol. The summed E-state index contributed by atoms with van der Waals surface area (Å²) in [6.07, 6.45) is 2.09. The topological polar surface area (TPSA) is 34.6 Å². The summed E-state index contributed by atoms with van der Waals surface area (Å²) in [7, 11) is 1.70. The smallest absolute Gasteiger partial charge is 0.119 e. The zero-order chi connectivity index (χ0) is 18.6. The maximum absolute atomic E-state index is 5.50. The predicted octanol–water partition coefficient (Wildman–Crippen LogP) is 4.46. The van der Waals surface area contributed by atoms with E-state index in [1.54, 1.807) is 18.9 Å². The molecule has 1 aromatic heterocycles. The van der Waals surface area contributed by atoms with E-state index >= 15 is 0 Å². The van der Waals surface area contributed by atoms with Gasteiger partial charge >= 0.3 is 0 Å². The third-order valence-electron chi connectivity index (χ3n) is 4.94. The lowest BCUT2D eigenvalue weighted by Crippen LogP contribution is -2.35. The van der Waals surface area contributed by atoms with Gasteiger partial charge in [-0.15, -0.1) is 11.8 Å². The monoisotopic (exact) mass is 380 g/mol. The number of ether oxygens (including phenoxy) is 2. The molecule has 4 rings (SSSR count). The normalized spacial score (nSPS) is 15.2. The van der Waals surface area contributed by atoms with Crippen molar-refractivity contribution in [2.24, 2.45) is 0 Å². The average Bonchev–Trinajstić information content (AvgIpc) is 2.73. The lowest BCUT2D eigenvalue weighted by atomic mass is 10.0. The second-order valence-electron chi connectivity index (χ2n) is 6.68. The van der Waals surface area contributed by atoms with Gasteiger partial charge in [0.1, 0.15) is 5.75 Å². The molecule has 4 nitrogen and oxygen atoms in total. The lowest BCUT2D eigenvalue weighted by molar-refractivity contribution is 0.0342. The molecular weight excluding hydrogens is 356 g/mol. The molecular formula is C22H24N2O2S. The summed E-state index contributed by atoms with van der Waals surface area (Å²) in [5.74, 6) is 0.851. The van der Waals surface area contributed by atoms with E-state index in [0.29, 0.717) is 0 Å². The van der Waals surface area contributed by atoms with Crippen molar-refractivity contribution in [3.8, 4) is 17.0 Å². The van der Waals surface area contributed by atoms with E-state index in [1.165, 1.54) is 15.8 Å². The third kappa shape index (κ3) is 4.10. The van der Waals surface area contributed by atoms with E-state index in [1.807, 2.05) is 12.1 Å². The van der Waals surface area contributed by atoms with E-state index in [9.17, 15) is 0 Å². The molecule has 3 aromatic rings. The molecule has 0 bridgehead atoms. The number of thioether (sulfide) groups is 1. The molecule has 1 aliphatic rings. The Hall–Kier alpha value is -2.08. The van der Waals surface area contributed by atoms with E-state index < -0.39 is 0 Å². The second-order valence-corrected chi connectivity index (χ2v) is 7.55. The Labute approximate surface area is 164 Å². The SMILES string of the molecule is COc1cccc(-c2nc3cc(SC)ccc3cc2CN2CCOCC2)c1. The Bertz CT molecular complexity index is 939. The van der Waals surface area contributed by atoms with Gasteiger partial charge in [0.05, 0.1) is 31.5 Å². The Morgan fingerprint density at radius 3 is 2.74 bits per heavy atom. The molecule has 1 saturated heterocycles. The van der Waals surface area contributed by atoms with Crippen LogP contribution in [0.2, 0.25) is 0 Å². The van der Waals surface area contributed by atoms with E-state index in [-0.39, 0.29) is 0 Å². The number of rotatable bonds is 5. The van der Waals surface area contributed by atoms with Crippen molar-refractivity contribution < 1.29 is 9.47 Å². The fourth-order valence-corrected chi connectivity index (χ4v) is 3.89. The number of methoxy groups -OCH3 is 1. The Morgan fingerprint density at radius 2 is 1.96 bits per heavy atom. The van der Waals surface area contributed by atoms with Crippen LogP contribution in [0.3, 0.4) is 0 Å². The van der Waals surface area contributed by atoms with Gasteiger partial charge in [-0.1, -0.05) is 18.2 Å². The quantitative estimate of drug-likeness (QED) is 0.611. The summed E-state index contributed by atoms with van der Waals surface area (Å²) >= 11 is 1.74. The van der Waals surface area contributed by atoms with E-state index in [2.05, 4.69) is 47.6 Å². The minimum atomic E-state index is 0.798. The third-order valence-corrected chi connectivity index (χ3v) is 5.67. The summed E-state index contributed by atoms with van der Waals surface area (Å²) in [6.45, 7) is 4.39. The Morgan fingerprint density at radius 1 is 1.11 bits per heavy atom. The molecule has 2 aromatic carbocycles. The summed E-state index contributed by atoms with van der Waals surface area (Å²) in [5.41, 5.74) is 4.40. The largest absolute Gasteiger partial charge is 0.497 e. The number of hydrogen-bond donors (Lipinski definition) is 0. The number of aromatic nitrogens is 1. The molecule has 0 saturated carbocycles. The van der Waals surface area contributed by atoms with Gasteiger partial charge in [-0.3, -0.25) is 4.90 Å². The Kier molecular flexibility index (Phi) is 5.62. The minimum absolute atomic E-state index is 0.798. The first kappa shape index (κ1) is 18.3. The molecule has 2 heterocycles. The lowest BCUT2D eigenvalue weighted by Gasteiger charge is -2.27. The van der Waals surface area contributed by atoms with Crippen molar-refractivity contribution in [3.05, 3.63) is 54.1 Å². The predicted molar refractivity (Wildman–Crippen MR) is 112 cm³/mol. The molecule has 1 fully saturated rings. The van der Waals surface area contributed by atoms with Gasteiger partial charge in [-0.05, 0) is 42.2 Å². The maximum Gasteiger partial charge on any atom is 0.119 e. The fraction of sp³-hybridized carbons (Fsp3) is 0.318. The highest BCUT2D eigenvalue weighted by Gasteiger charge is 2.16. The standard InChI is InChI=1S/C22H24N2O2S/c1-25-19-5-3-4-17(13-19)22-18(15-24-8-10-26-11-9-24)12-16-6-7-20(27-2)14-21(16)23-22/h3-7,12-14H,8-11,15H2,1-2H3. The number of hydrogen-bond acceptors (Lipinski definition) is 5. The first-order chi connectivity index (χ1) is 13.3. The van der Waals surface area contributed by atoms with Crippen LogP contribution in [0, 0.1) is 0 Å². The van der Waals surface area contributed by atoms with Crippen molar-refractivity contribution in [3.63, 3.8) is 0 Å². The van der Waals surface area contributed by atoms with Gasteiger partial charge in [-0.2, -0.15) is 0 Å². The van der Waals surface area contributed by atoms with Gasteiger partial charge in [-0.25, -0.2) is 4.98 Å². The molecule has 5 heteroatoms. The van der Waals surface area contributed by atoms with E-state index in [0.717, 1.165) is 55.4 Å². The van der Waals surface area contributed by atoms with Gasteiger partial charge < -0.3 is 9.47 Å². The molecule has 0 aliphatic carbocycles. The van der Waals surface area contributed by atoms with Crippen molar-refractivity contribution in [1.29, 1.82) is 0 Å². The highest BCUT2D eigenvalue weighted by atomic mass is 32.2. The fourth-order valence-electron chi connectivity index (χ4n) is 3.46. The summed E-state index contributed by atoms with van der Waals surface area (Å²) in [4.78, 5) is 8.73. The van der Waals surface area contributed by atoms with Crippen LogP contribution in [-0.2, 0) is 11.3 Å². The zero-order valence-corrected chi connectivity index (χ0v) is 16.6. The van der Waals surface area contributed by atoms with Crippen LogP contribution in [0.5, 0.6) is 5.75 Å². The van der Waals surface area contributed by atoms with Crippen LogP contribution < -0.4 is 4.74 Å². The summed E-state index contributed by atoms with van der Waals surface area (Å²) < 4.78 is 10.9. The number of pyridine rings is 1. The molecule has 1 aliphatic heterocycles. The van der Waals surface area contributed by atoms with Gasteiger partial charge in [0, 0.05) is 35.5 Å². The zero-order valence-electron chi connectivity index (χ0n) is 15.8. The second kappa shape index (κ2) is 8.30. The number of nitrogens with zero attached hydrogens (tertiary/aromatic N) is 2. The van der Waals surface area contributed by atoms with Gasteiger partial charge in [0.15, 0.2) is 0 Å². The van der Waals surface area contributed by atoms with Gasteiger partial charge in [0.25, 0.3) is 0 Å². The summed E-state index contributed by atoms with van der Waals surface area (Å²) in [5, 5.41) is 1.18. The van der Waals surface area contributed by atoms with Gasteiger partial charge in [0.2, 0.25) is 0 Å². The molecule has 0 amide bonds. The van der Waals surface area contributed by atoms with E-state index in [4.69, 9.17) is 14.5 Å². The highest BCUT2D eigenvalue weighted by Crippen LogP contribution is 2.30. The summed E-state index contributed by atoms with van der Waals surface area (Å²) in [6, 6.07) is 17.0. The first-order valence-electron chi connectivity index (χ1n) is 9.19. The van der Waals surface area contributed by atoms with Crippen LogP contribution in [-0.4, -0.2) is 49.6 Å². The molecule has 0 N–H and O–H groups in total. The van der Waals surface area contributed by atoms with Crippen molar-refractivity contribution in [1.82, 2.24) is 9.88 Å². The van der Waals surface area contributed by atoms with Crippen LogP contribution in [0.4, 0.5) is 0 Å². The highest BCUT2D eigenvalue weighted by molar-refractivity contribution is 7.98. The number of morpholine rings is 1. The van der Waals surface area contributed by atoms with Crippen LogP contribution in [0.1, 0.15) is 5.56 Å². The molecule has 0 spiro atoms. The van der Waals surface area contributed by atoms with Crippen LogP contribution >= 0.6 is 11.8 Å². The number of benzene rings is 2. The minimum Gasteiger partial charge on any atom is -0.497 e. The van der Waals surface area contributed by atoms with Crippen molar-refractivity contribution in [2.75, 3.05) is 39.7 Å². The molecule has 0 radical (unpaired) electrons. The Balaban J connectivity index is 1.81. The molecule has 140 valence electrons. The van der Waals surface area contributed by atoms with Crippen LogP contribution in [0.15, 0.2) is 53.4 Å². The van der Waals surface area contributed by atoms with Crippen molar-refractivity contribution >= 4 is 22.7 Å². The molecule has 0 atom stereocenters. The number of fused-ring (bicyclic) bond motifs is 1. The van der Waals surface area contributed by atoms with Crippen molar-refractivity contribution in [2.45, 2.75) is 11.4 Å². The molecule has 0 unspecified atom stereocenters. The molecule has 27 heavy (non-hydrogen) atoms. The van der Waals surface area contributed by atoms with Crippen LogP contribution in [0.25, 0.3) is 22.2 Å². The maximum atomic E-state index is 5.50.